The minimum atomic E-state index is 0.634. The van der Waals surface area contributed by atoms with Gasteiger partial charge in [0.1, 0.15) is 15.8 Å². The van der Waals surface area contributed by atoms with Gasteiger partial charge in [-0.15, -0.1) is 0 Å². The second-order valence-corrected chi connectivity index (χ2v) is 8.13. The largest absolute Gasteiger partial charge is 0.381 e. The van der Waals surface area contributed by atoms with Crippen LogP contribution in [-0.4, -0.2) is 42.5 Å². The van der Waals surface area contributed by atoms with Gasteiger partial charge in [-0.3, -0.25) is 4.48 Å². The summed E-state index contributed by atoms with van der Waals surface area (Å²) in [5.74, 6) is 0.879. The molecule has 0 amide bonds. The van der Waals surface area contributed by atoms with Crippen LogP contribution in [0.3, 0.4) is 0 Å². The van der Waals surface area contributed by atoms with Gasteiger partial charge in [-0.2, -0.15) is 5.10 Å². The Kier molecular flexibility index (Phi) is 3.98. The van der Waals surface area contributed by atoms with E-state index in [9.17, 15) is 0 Å². The zero-order valence-electron chi connectivity index (χ0n) is 14.0. The highest BCUT2D eigenvalue weighted by Gasteiger charge is 2.44. The molecule has 1 saturated carbocycles. The molecule has 1 saturated heterocycles. The van der Waals surface area contributed by atoms with Crippen LogP contribution in [0.2, 0.25) is 0 Å². The van der Waals surface area contributed by atoms with E-state index < -0.39 is 0 Å². The predicted octanol–water partition coefficient (Wildman–Crippen LogP) is 3.93. The second kappa shape index (κ2) is 5.87. The van der Waals surface area contributed by atoms with E-state index in [2.05, 4.69) is 48.1 Å². The van der Waals surface area contributed by atoms with E-state index in [1.54, 1.807) is 0 Å². The first kappa shape index (κ1) is 15.6. The lowest BCUT2D eigenvalue weighted by Gasteiger charge is -2.43. The fourth-order valence-electron chi connectivity index (χ4n) is 4.28. The summed E-state index contributed by atoms with van der Waals surface area (Å²) < 4.78 is 9.72. The first-order valence-corrected chi connectivity index (χ1v) is 9.46. The molecule has 1 aliphatic heterocycles. The summed E-state index contributed by atoms with van der Waals surface area (Å²) in [5, 5.41) is 4.82. The Hall–Kier alpha value is -0.910. The van der Waals surface area contributed by atoms with Gasteiger partial charge < -0.3 is 4.74 Å². The van der Waals surface area contributed by atoms with Crippen molar-refractivity contribution in [3.8, 4) is 0 Å². The molecule has 4 nitrogen and oxygen atoms in total. The normalized spacial score (nSPS) is 22.4. The van der Waals surface area contributed by atoms with Crippen LogP contribution in [0.15, 0.2) is 22.8 Å². The molecule has 23 heavy (non-hydrogen) atoms. The van der Waals surface area contributed by atoms with Gasteiger partial charge in [-0.25, -0.2) is 4.52 Å². The molecule has 2 aliphatic rings. The molecule has 0 radical (unpaired) electrons. The van der Waals surface area contributed by atoms with Gasteiger partial charge in [0.05, 0.1) is 32.8 Å². The van der Waals surface area contributed by atoms with Crippen LogP contribution in [0, 0.1) is 12.8 Å². The molecule has 3 heterocycles. The minimum Gasteiger partial charge on any atom is -0.381 e. The van der Waals surface area contributed by atoms with E-state index in [4.69, 9.17) is 9.84 Å². The maximum absolute atomic E-state index is 5.63. The van der Waals surface area contributed by atoms with Crippen molar-refractivity contribution in [1.29, 1.82) is 0 Å². The molecule has 124 valence electrons. The molecule has 0 aromatic carbocycles. The van der Waals surface area contributed by atoms with Crippen LogP contribution in [0.5, 0.6) is 0 Å². The summed E-state index contributed by atoms with van der Waals surface area (Å²) in [5.41, 5.74) is 3.81. The molecule has 0 spiro atoms. The first-order chi connectivity index (χ1) is 11.1. The van der Waals surface area contributed by atoms with Crippen molar-refractivity contribution in [3.05, 3.63) is 28.5 Å². The van der Waals surface area contributed by atoms with Crippen LogP contribution in [0.25, 0.3) is 5.52 Å². The standard InChI is InChI=1S/C18H25BrN3O/c1-13-18(16-4-3-5-17(19)21(16)20-13)22(2,12-14-6-7-14)15-8-10-23-11-9-15/h3-5,14-15H,6-12H2,1-2H3/q+1. The summed E-state index contributed by atoms with van der Waals surface area (Å²) in [6.45, 7) is 5.19. The molecule has 2 fully saturated rings. The first-order valence-electron chi connectivity index (χ1n) is 8.67. The molecule has 2 aromatic heterocycles. The van der Waals surface area contributed by atoms with Crippen molar-refractivity contribution < 1.29 is 4.74 Å². The van der Waals surface area contributed by atoms with Gasteiger partial charge in [0, 0.05) is 18.8 Å². The van der Waals surface area contributed by atoms with E-state index in [1.807, 2.05) is 4.52 Å². The van der Waals surface area contributed by atoms with Crippen molar-refractivity contribution in [1.82, 2.24) is 14.1 Å². The number of fused-ring (bicyclic) bond motifs is 1. The van der Waals surface area contributed by atoms with Crippen LogP contribution in [0.4, 0.5) is 5.69 Å². The Morgan fingerprint density at radius 1 is 1.26 bits per heavy atom. The smallest absolute Gasteiger partial charge is 0.182 e. The van der Waals surface area contributed by atoms with E-state index in [1.165, 1.54) is 30.6 Å². The maximum Gasteiger partial charge on any atom is 0.182 e. The van der Waals surface area contributed by atoms with E-state index in [-0.39, 0.29) is 0 Å². The quantitative estimate of drug-likeness (QED) is 0.595. The SMILES string of the molecule is Cc1nn2c(Br)cccc2c1[N+](C)(CC1CC1)C1CCOCC1. The number of aryl methyl sites for hydroxylation is 1. The third-order valence-electron chi connectivity index (χ3n) is 5.60. The van der Waals surface area contributed by atoms with Crippen molar-refractivity contribution >= 4 is 27.1 Å². The topological polar surface area (TPSA) is 26.5 Å². The predicted molar refractivity (Wildman–Crippen MR) is 96.8 cm³/mol. The Bertz CT molecular complexity index is 718. The molecule has 5 heteroatoms. The summed E-state index contributed by atoms with van der Waals surface area (Å²) in [6, 6.07) is 7.02. The Balaban J connectivity index is 1.85. The molecule has 0 bridgehead atoms. The highest BCUT2D eigenvalue weighted by atomic mass is 79.9. The number of nitrogens with zero attached hydrogens (tertiary/aromatic N) is 3. The highest BCUT2D eigenvalue weighted by Crippen LogP contribution is 2.41. The van der Waals surface area contributed by atoms with E-state index >= 15 is 0 Å². The number of halogens is 1. The minimum absolute atomic E-state index is 0.634. The van der Waals surface area contributed by atoms with Crippen molar-refractivity contribution in [2.45, 2.75) is 38.6 Å². The van der Waals surface area contributed by atoms with Gasteiger partial charge in [-0.05, 0) is 47.8 Å². The van der Waals surface area contributed by atoms with Crippen molar-refractivity contribution in [2.24, 2.45) is 5.92 Å². The molecular formula is C18H25BrN3O+. The van der Waals surface area contributed by atoms with E-state index in [0.29, 0.717) is 6.04 Å². The van der Waals surface area contributed by atoms with Crippen LogP contribution < -0.4 is 4.48 Å². The second-order valence-electron chi connectivity index (χ2n) is 7.32. The van der Waals surface area contributed by atoms with Gasteiger partial charge in [-0.1, -0.05) is 6.07 Å². The van der Waals surface area contributed by atoms with Gasteiger partial charge >= 0.3 is 0 Å². The maximum atomic E-state index is 5.63. The molecule has 2 aromatic rings. The summed E-state index contributed by atoms with van der Waals surface area (Å²) >= 11 is 3.64. The lowest BCUT2D eigenvalue weighted by molar-refractivity contribution is 0.0436. The zero-order valence-corrected chi connectivity index (χ0v) is 15.6. The summed E-state index contributed by atoms with van der Waals surface area (Å²) in [4.78, 5) is 0. The van der Waals surface area contributed by atoms with Crippen molar-refractivity contribution in [3.63, 3.8) is 0 Å². The lowest BCUT2D eigenvalue weighted by atomic mass is 10.0. The Morgan fingerprint density at radius 3 is 2.70 bits per heavy atom. The lowest BCUT2D eigenvalue weighted by Crippen LogP contribution is -2.57. The number of quaternary nitrogens is 1. The summed E-state index contributed by atoms with van der Waals surface area (Å²) in [6.07, 6.45) is 5.07. The van der Waals surface area contributed by atoms with Gasteiger partial charge in [0.25, 0.3) is 0 Å². The average molecular weight is 379 g/mol. The third-order valence-corrected chi connectivity index (χ3v) is 6.20. The molecule has 1 aliphatic carbocycles. The fraction of sp³-hybridized carbons (Fsp3) is 0.611. The van der Waals surface area contributed by atoms with Crippen LogP contribution in [-0.2, 0) is 4.74 Å². The van der Waals surface area contributed by atoms with Gasteiger partial charge in [0.15, 0.2) is 5.69 Å². The van der Waals surface area contributed by atoms with Crippen LogP contribution >= 0.6 is 15.9 Å². The van der Waals surface area contributed by atoms with E-state index in [0.717, 1.165) is 46.8 Å². The number of hydrogen-bond donors (Lipinski definition) is 0. The Morgan fingerprint density at radius 2 is 2.00 bits per heavy atom. The molecule has 0 N–H and O–H groups in total. The molecular weight excluding hydrogens is 354 g/mol. The van der Waals surface area contributed by atoms with Crippen LogP contribution in [0.1, 0.15) is 31.4 Å². The Labute approximate surface area is 146 Å². The molecule has 4 rings (SSSR count). The highest BCUT2D eigenvalue weighted by molar-refractivity contribution is 9.10. The number of aromatic nitrogens is 2. The zero-order chi connectivity index (χ0) is 16.0. The molecule has 1 atom stereocenters. The van der Waals surface area contributed by atoms with Gasteiger partial charge in [0.2, 0.25) is 0 Å². The monoisotopic (exact) mass is 378 g/mol. The number of rotatable bonds is 4. The molecule has 1 unspecified atom stereocenters. The fourth-order valence-corrected chi connectivity index (χ4v) is 4.71. The van der Waals surface area contributed by atoms with Crippen molar-refractivity contribution in [2.75, 3.05) is 26.8 Å². The number of pyridine rings is 1. The number of ether oxygens (including phenoxy) is 1. The third kappa shape index (κ3) is 2.73. The average Bonchev–Trinajstić information content (AvgIpc) is 3.28. The number of hydrogen-bond acceptors (Lipinski definition) is 2. The summed E-state index contributed by atoms with van der Waals surface area (Å²) in [7, 11) is 2.43.